The predicted molar refractivity (Wildman–Crippen MR) is 274 cm³/mol. The lowest BCUT2D eigenvalue weighted by Gasteiger charge is -2.40. The summed E-state index contributed by atoms with van der Waals surface area (Å²) < 4.78 is 44.6. The zero-order valence-corrected chi connectivity index (χ0v) is 41.8. The number of rotatable bonds is 14. The molecule has 10 rings (SSSR count). The van der Waals surface area contributed by atoms with E-state index >= 15 is 8.78 Å². The monoisotopic (exact) mass is 1020 g/mol. The largest absolute Gasteiger partial charge is 0.488 e. The third kappa shape index (κ3) is 10.1. The Balaban J connectivity index is 0.724. The average Bonchev–Trinajstić information content (AvgIpc) is 3.69. The number of anilines is 1. The molecule has 2 atom stereocenters. The molecule has 5 amide bonds. The molecule has 4 aromatic carbocycles. The van der Waals surface area contributed by atoms with Crippen molar-refractivity contribution in [1.29, 1.82) is 0 Å². The Labute approximate surface area is 428 Å². The van der Waals surface area contributed by atoms with Crippen LogP contribution in [0.4, 0.5) is 19.4 Å². The minimum absolute atomic E-state index is 0.0437. The van der Waals surface area contributed by atoms with E-state index in [-0.39, 0.29) is 71.6 Å². The Kier molecular flexibility index (Phi) is 14.7. The minimum atomic E-state index is -1.10. The van der Waals surface area contributed by atoms with Gasteiger partial charge in [-0.15, -0.1) is 0 Å². The highest BCUT2D eigenvalue weighted by Crippen LogP contribution is 2.56. The molecule has 14 nitrogen and oxygen atoms in total. The van der Waals surface area contributed by atoms with Crippen molar-refractivity contribution >= 4 is 52.1 Å². The van der Waals surface area contributed by atoms with Crippen molar-refractivity contribution in [3.8, 4) is 22.6 Å². The van der Waals surface area contributed by atoms with E-state index in [2.05, 4.69) is 32.6 Å². The number of aromatic nitrogens is 1. The summed E-state index contributed by atoms with van der Waals surface area (Å²) in [6.45, 7) is 6.62. The number of aliphatic hydroxyl groups is 1. The summed E-state index contributed by atoms with van der Waals surface area (Å²) in [5.74, 6) is -1.91. The second kappa shape index (κ2) is 21.3. The van der Waals surface area contributed by atoms with Crippen LogP contribution < -0.4 is 30.7 Å². The molecule has 0 radical (unpaired) electrons. The Morgan fingerprint density at radius 2 is 1.67 bits per heavy atom. The molecule has 5 aliphatic rings. The van der Waals surface area contributed by atoms with Gasteiger partial charge in [0, 0.05) is 85.2 Å². The fourth-order valence-corrected chi connectivity index (χ4v) is 12.3. The number of nitrogens with zero attached hydrogens (tertiary/aromatic N) is 4. The highest BCUT2D eigenvalue weighted by Gasteiger charge is 2.50. The van der Waals surface area contributed by atoms with Crippen molar-refractivity contribution in [2.75, 3.05) is 63.9 Å². The molecule has 0 unspecified atom stereocenters. The van der Waals surface area contributed by atoms with E-state index in [0.717, 1.165) is 101 Å². The molecule has 5 heterocycles. The number of pyridine rings is 1. The van der Waals surface area contributed by atoms with Gasteiger partial charge in [-0.1, -0.05) is 54.9 Å². The van der Waals surface area contributed by atoms with E-state index in [1.165, 1.54) is 28.7 Å². The molecule has 4 fully saturated rings. The molecule has 73 heavy (non-hydrogen) atoms. The first-order valence-electron chi connectivity index (χ1n) is 25.7. The summed E-state index contributed by atoms with van der Waals surface area (Å²) >= 11 is 6.73. The van der Waals surface area contributed by atoms with E-state index in [9.17, 15) is 24.3 Å². The lowest BCUT2D eigenvalue weighted by atomic mass is 9.77. The smallest absolute Gasteiger partial charge is 0.329 e. The van der Waals surface area contributed by atoms with Crippen molar-refractivity contribution < 1.29 is 42.5 Å². The van der Waals surface area contributed by atoms with Crippen LogP contribution >= 0.6 is 11.6 Å². The number of carbonyl (C=O) groups excluding carboxylic acids is 4. The third-order valence-electron chi connectivity index (χ3n) is 16.1. The summed E-state index contributed by atoms with van der Waals surface area (Å²) in [5, 5.41) is 16.1. The zero-order chi connectivity index (χ0) is 51.0. The molecule has 4 aliphatic heterocycles. The quantitative estimate of drug-likeness (QED) is 0.0844. The Bertz CT molecular complexity index is 2910. The number of halogens is 3. The van der Waals surface area contributed by atoms with E-state index in [1.807, 2.05) is 55.5 Å². The minimum Gasteiger partial charge on any atom is -0.488 e. The zero-order valence-electron chi connectivity index (χ0n) is 41.0. The van der Waals surface area contributed by atoms with Gasteiger partial charge in [-0.2, -0.15) is 0 Å². The standard InChI is InChI=1S/C56H62ClF2N7O7/c1-33-48-45(30-42(58)51(57)50(48)49-41(53(60)69)13-15-44(52(49)59)72-28-27-67)73-56(33,39-5-3-2-4-6-39)32-61-40-11-7-36(8-12-40)54(70)65-24-17-34(18-25-65)31-64-22-19-35(20-23-64)37-9-14-43-38(29-37)10-16-46(62-43)66-26-21-47(68)63-55(66)71/h2-6,9-10,13-16,29-30,33-36,40,61,67H,7-8,11-12,17-28,31-32H2,1H3,(H2,60,69)(H,63,68,71)/t33-,36?,40?,56-/m0/s1. The number of fused-ring (bicyclic) bond motifs is 2. The van der Waals surface area contributed by atoms with Gasteiger partial charge in [-0.3, -0.25) is 24.6 Å². The number of urea groups is 1. The lowest BCUT2D eigenvalue weighted by Crippen LogP contribution is -2.49. The Morgan fingerprint density at radius 1 is 0.918 bits per heavy atom. The molecule has 384 valence electrons. The molecule has 0 bridgehead atoms. The maximum Gasteiger partial charge on any atom is 0.329 e. The van der Waals surface area contributed by atoms with Crippen LogP contribution in [-0.4, -0.2) is 109 Å². The van der Waals surface area contributed by atoms with Crippen molar-refractivity contribution in [2.45, 2.75) is 88.2 Å². The van der Waals surface area contributed by atoms with Gasteiger partial charge >= 0.3 is 6.03 Å². The first-order valence-corrected chi connectivity index (χ1v) is 26.1. The van der Waals surface area contributed by atoms with Gasteiger partial charge in [0.1, 0.15) is 24.0 Å². The van der Waals surface area contributed by atoms with Crippen LogP contribution in [0.15, 0.2) is 78.9 Å². The molecule has 0 spiro atoms. The first kappa shape index (κ1) is 50.3. The van der Waals surface area contributed by atoms with E-state index in [0.29, 0.717) is 36.3 Å². The topological polar surface area (TPSA) is 180 Å². The fraction of sp³-hybridized carbons (Fsp3) is 0.446. The SMILES string of the molecule is C[C@H]1c2c(cc(F)c(Cl)c2-c2c(C(N)=O)ccc(OCCO)c2F)O[C@]1(CNC1CCC(C(=O)N2CCC(CN3CCC(c4ccc5nc(N6CCC(=O)NC6=O)ccc5c4)CC3)CC2)CC1)c1ccccc1. The number of amides is 5. The molecule has 17 heteroatoms. The number of ether oxygens (including phenoxy) is 2. The van der Waals surface area contributed by atoms with Crippen molar-refractivity contribution in [2.24, 2.45) is 17.6 Å². The van der Waals surface area contributed by atoms with E-state index in [4.69, 9.17) is 31.8 Å². The maximum absolute atomic E-state index is 16.5. The summed E-state index contributed by atoms with van der Waals surface area (Å²) in [5.41, 5.74) is 7.46. The summed E-state index contributed by atoms with van der Waals surface area (Å²) in [6.07, 6.45) is 7.49. The molecular formula is C56H62ClF2N7O7. The number of hydrogen-bond donors (Lipinski definition) is 4. The molecule has 1 aromatic heterocycles. The number of primary amides is 1. The van der Waals surface area contributed by atoms with Crippen molar-refractivity contribution in [3.63, 3.8) is 0 Å². The molecule has 3 saturated heterocycles. The third-order valence-corrected chi connectivity index (χ3v) is 16.5. The van der Waals surface area contributed by atoms with Gasteiger partial charge in [-0.05, 0) is 124 Å². The van der Waals surface area contributed by atoms with Gasteiger partial charge in [0.25, 0.3) is 0 Å². The van der Waals surface area contributed by atoms with Crippen LogP contribution in [-0.2, 0) is 15.2 Å². The van der Waals surface area contributed by atoms with Crippen LogP contribution in [0.1, 0.15) is 104 Å². The number of likely N-dealkylation sites (tertiary alicyclic amines) is 2. The van der Waals surface area contributed by atoms with Crippen molar-refractivity contribution in [1.82, 2.24) is 25.4 Å². The molecule has 1 aliphatic carbocycles. The second-order valence-corrected chi connectivity index (χ2v) is 20.8. The molecular weight excluding hydrogens is 956 g/mol. The maximum atomic E-state index is 16.5. The summed E-state index contributed by atoms with van der Waals surface area (Å²) in [6, 6.07) is 23.2. The number of nitrogens with one attached hydrogen (secondary N) is 2. The average molecular weight is 1020 g/mol. The number of piperidine rings is 2. The van der Waals surface area contributed by atoms with E-state index in [1.54, 1.807) is 0 Å². The number of aliphatic hydroxyl groups excluding tert-OH is 1. The second-order valence-electron chi connectivity index (χ2n) is 20.4. The van der Waals surface area contributed by atoms with Crippen LogP contribution in [0, 0.1) is 23.5 Å². The van der Waals surface area contributed by atoms with Crippen LogP contribution in [0.5, 0.6) is 11.5 Å². The Hall–Kier alpha value is -6.20. The summed E-state index contributed by atoms with van der Waals surface area (Å²) in [7, 11) is 0. The van der Waals surface area contributed by atoms with Gasteiger partial charge in [0.05, 0.1) is 22.7 Å². The highest BCUT2D eigenvalue weighted by molar-refractivity contribution is 6.34. The highest BCUT2D eigenvalue weighted by atomic mass is 35.5. The number of carbonyl (C=O) groups is 4. The van der Waals surface area contributed by atoms with Gasteiger partial charge in [-0.25, -0.2) is 18.6 Å². The number of benzene rings is 4. The van der Waals surface area contributed by atoms with Crippen LogP contribution in [0.2, 0.25) is 5.02 Å². The number of nitrogens with two attached hydrogens (primary N) is 1. The van der Waals surface area contributed by atoms with Crippen molar-refractivity contribution in [3.05, 3.63) is 118 Å². The lowest BCUT2D eigenvalue weighted by molar-refractivity contribution is -0.138. The first-order chi connectivity index (χ1) is 35.3. The summed E-state index contributed by atoms with van der Waals surface area (Å²) in [4.78, 5) is 61.7. The molecule has 5 N–H and O–H groups in total. The Morgan fingerprint density at radius 3 is 2.38 bits per heavy atom. The number of hydrogen-bond acceptors (Lipinski definition) is 10. The van der Waals surface area contributed by atoms with E-state index < -0.39 is 40.1 Å². The fourth-order valence-electron chi connectivity index (χ4n) is 12.1. The normalized spacial score (nSPS) is 23.1. The predicted octanol–water partition coefficient (Wildman–Crippen LogP) is 8.41. The number of imide groups is 1. The van der Waals surface area contributed by atoms with Gasteiger partial charge in [0.15, 0.2) is 17.2 Å². The van der Waals surface area contributed by atoms with Gasteiger partial charge < -0.3 is 35.4 Å². The molecule has 5 aromatic rings. The van der Waals surface area contributed by atoms with Crippen LogP contribution in [0.25, 0.3) is 22.0 Å². The van der Waals surface area contributed by atoms with Crippen LogP contribution in [0.3, 0.4) is 0 Å². The molecule has 1 saturated carbocycles. The van der Waals surface area contributed by atoms with Gasteiger partial charge in [0.2, 0.25) is 17.7 Å².